The number of nitrogen functional groups attached to an aromatic ring is 1. The molecule has 7 nitrogen and oxygen atoms in total. The predicted molar refractivity (Wildman–Crippen MR) is 87.5 cm³/mol. The van der Waals surface area contributed by atoms with Gasteiger partial charge in [-0.3, -0.25) is 0 Å². The Labute approximate surface area is 134 Å². The van der Waals surface area contributed by atoms with E-state index in [0.717, 1.165) is 31.6 Å². The molecule has 1 aliphatic rings. The van der Waals surface area contributed by atoms with Gasteiger partial charge in [0.1, 0.15) is 0 Å². The molecule has 22 heavy (non-hydrogen) atoms. The quantitative estimate of drug-likeness (QED) is 0.529. The van der Waals surface area contributed by atoms with E-state index in [0.29, 0.717) is 6.54 Å². The van der Waals surface area contributed by atoms with Crippen LogP contribution in [0.25, 0.3) is 0 Å². The molecule has 0 unspecified atom stereocenters. The third-order valence-corrected chi connectivity index (χ3v) is 3.80. The average Bonchev–Trinajstić information content (AvgIpc) is 2.95. The maximum Gasteiger partial charge on any atom is 0.389 e. The van der Waals surface area contributed by atoms with Crippen LogP contribution in [0.3, 0.4) is 0 Å². The monoisotopic (exact) mass is 323 g/mol. The number of aromatic nitrogens is 2. The Bertz CT molecular complexity index is 673. The SMILES string of the molecule is Cl.Nc1cccc2c1CCCN2CCn1ccc([N+](=O)[O-])n1. The van der Waals surface area contributed by atoms with Gasteiger partial charge in [-0.1, -0.05) is 6.07 Å². The molecule has 0 spiro atoms. The van der Waals surface area contributed by atoms with Crippen molar-refractivity contribution < 1.29 is 4.92 Å². The van der Waals surface area contributed by atoms with Crippen molar-refractivity contribution in [3.63, 3.8) is 0 Å². The van der Waals surface area contributed by atoms with Gasteiger partial charge in [0.15, 0.2) is 0 Å². The van der Waals surface area contributed by atoms with Crippen LogP contribution in [0.15, 0.2) is 30.5 Å². The summed E-state index contributed by atoms with van der Waals surface area (Å²) in [6.07, 6.45) is 3.72. The molecule has 0 aliphatic carbocycles. The highest BCUT2D eigenvalue weighted by molar-refractivity contribution is 5.85. The first-order valence-electron chi connectivity index (χ1n) is 6.95. The van der Waals surface area contributed by atoms with Crippen LogP contribution in [0.1, 0.15) is 12.0 Å². The second kappa shape index (κ2) is 6.65. The topological polar surface area (TPSA) is 90.2 Å². The highest BCUT2D eigenvalue weighted by Gasteiger charge is 2.19. The Hall–Kier alpha value is -2.28. The fraction of sp³-hybridized carbons (Fsp3) is 0.357. The van der Waals surface area contributed by atoms with Gasteiger partial charge in [-0.2, -0.15) is 4.68 Å². The summed E-state index contributed by atoms with van der Waals surface area (Å²) in [5.74, 6) is -0.113. The van der Waals surface area contributed by atoms with Crippen molar-refractivity contribution in [2.75, 3.05) is 23.7 Å². The summed E-state index contributed by atoms with van der Waals surface area (Å²) in [6, 6.07) is 7.39. The zero-order chi connectivity index (χ0) is 14.8. The van der Waals surface area contributed by atoms with Crippen LogP contribution in [0.5, 0.6) is 0 Å². The van der Waals surface area contributed by atoms with E-state index in [1.54, 1.807) is 10.9 Å². The molecule has 2 N–H and O–H groups in total. The Kier molecular flexibility index (Phi) is 4.87. The first kappa shape index (κ1) is 16.1. The molecule has 0 amide bonds. The first-order valence-corrected chi connectivity index (χ1v) is 6.95. The van der Waals surface area contributed by atoms with E-state index in [1.165, 1.54) is 17.3 Å². The summed E-state index contributed by atoms with van der Waals surface area (Å²) in [5.41, 5.74) is 9.24. The highest BCUT2D eigenvalue weighted by atomic mass is 35.5. The number of rotatable bonds is 4. The zero-order valence-corrected chi connectivity index (χ0v) is 12.8. The maximum absolute atomic E-state index is 10.6. The number of hydrogen-bond acceptors (Lipinski definition) is 5. The number of fused-ring (bicyclic) bond motifs is 1. The molecule has 118 valence electrons. The summed E-state index contributed by atoms with van der Waals surface area (Å²) >= 11 is 0. The van der Waals surface area contributed by atoms with Crippen molar-refractivity contribution in [2.24, 2.45) is 0 Å². The fourth-order valence-corrected chi connectivity index (χ4v) is 2.76. The number of halogens is 1. The van der Waals surface area contributed by atoms with Crippen LogP contribution < -0.4 is 10.6 Å². The smallest absolute Gasteiger partial charge is 0.389 e. The minimum absolute atomic E-state index is 0. The summed E-state index contributed by atoms with van der Waals surface area (Å²) in [6.45, 7) is 2.34. The standard InChI is InChI=1S/C14H17N5O2.ClH/c15-12-4-1-5-13-11(12)3-2-7-17(13)9-10-18-8-6-14(16-18)19(20)21;/h1,4-6,8H,2-3,7,9-10,15H2;1H. The van der Waals surface area contributed by atoms with Crippen LogP contribution in [0.4, 0.5) is 17.2 Å². The molecule has 0 saturated carbocycles. The minimum Gasteiger partial charge on any atom is -0.398 e. The van der Waals surface area contributed by atoms with Crippen LogP contribution in [-0.4, -0.2) is 27.8 Å². The second-order valence-corrected chi connectivity index (χ2v) is 5.13. The summed E-state index contributed by atoms with van der Waals surface area (Å²) in [7, 11) is 0. The van der Waals surface area contributed by atoms with E-state index in [-0.39, 0.29) is 18.2 Å². The van der Waals surface area contributed by atoms with Crippen molar-refractivity contribution >= 4 is 29.6 Å². The van der Waals surface area contributed by atoms with E-state index >= 15 is 0 Å². The number of hydrogen-bond donors (Lipinski definition) is 1. The molecule has 0 radical (unpaired) electrons. The number of nitrogens with zero attached hydrogens (tertiary/aromatic N) is 4. The lowest BCUT2D eigenvalue weighted by molar-refractivity contribution is -0.389. The van der Waals surface area contributed by atoms with Gasteiger partial charge in [0.2, 0.25) is 0 Å². The molecule has 2 heterocycles. The number of nitrogens with two attached hydrogens (primary N) is 1. The number of nitro groups is 1. The molecule has 0 fully saturated rings. The molecular formula is C14H18ClN5O2. The van der Waals surface area contributed by atoms with Crippen molar-refractivity contribution in [3.8, 4) is 0 Å². The molecule has 8 heteroatoms. The van der Waals surface area contributed by atoms with Gasteiger partial charge in [-0.05, 0) is 35.5 Å². The summed E-state index contributed by atoms with van der Waals surface area (Å²) in [5, 5.41) is 14.6. The first-order chi connectivity index (χ1) is 10.1. The van der Waals surface area contributed by atoms with Crippen LogP contribution in [-0.2, 0) is 13.0 Å². The van der Waals surface area contributed by atoms with Gasteiger partial charge in [-0.15, -0.1) is 12.4 Å². The van der Waals surface area contributed by atoms with E-state index in [1.807, 2.05) is 12.1 Å². The fourth-order valence-electron chi connectivity index (χ4n) is 2.76. The van der Waals surface area contributed by atoms with Gasteiger partial charge in [0.25, 0.3) is 0 Å². The highest BCUT2D eigenvalue weighted by Crippen LogP contribution is 2.30. The molecule has 3 rings (SSSR count). The lowest BCUT2D eigenvalue weighted by Gasteiger charge is -2.31. The van der Waals surface area contributed by atoms with Crippen molar-refractivity contribution in [1.82, 2.24) is 9.78 Å². The Morgan fingerprint density at radius 1 is 1.32 bits per heavy atom. The van der Waals surface area contributed by atoms with Crippen LogP contribution in [0, 0.1) is 10.1 Å². The van der Waals surface area contributed by atoms with E-state index < -0.39 is 4.92 Å². The molecule has 2 aromatic rings. The third-order valence-electron chi connectivity index (χ3n) is 3.80. The molecule has 0 saturated heterocycles. The Balaban J connectivity index is 0.00000176. The average molecular weight is 324 g/mol. The zero-order valence-electron chi connectivity index (χ0n) is 12.0. The van der Waals surface area contributed by atoms with Gasteiger partial charge in [0.05, 0.1) is 23.9 Å². The van der Waals surface area contributed by atoms with E-state index in [4.69, 9.17) is 5.73 Å². The molecule has 0 bridgehead atoms. The van der Waals surface area contributed by atoms with Crippen molar-refractivity contribution in [2.45, 2.75) is 19.4 Å². The van der Waals surface area contributed by atoms with E-state index in [9.17, 15) is 10.1 Å². The van der Waals surface area contributed by atoms with Gasteiger partial charge in [-0.25, -0.2) is 0 Å². The van der Waals surface area contributed by atoms with Crippen molar-refractivity contribution in [1.29, 1.82) is 0 Å². The lowest BCUT2D eigenvalue weighted by Crippen LogP contribution is -2.32. The Morgan fingerprint density at radius 2 is 2.14 bits per heavy atom. The maximum atomic E-state index is 10.6. The van der Waals surface area contributed by atoms with Crippen molar-refractivity contribution in [3.05, 3.63) is 46.1 Å². The molecular weight excluding hydrogens is 306 g/mol. The molecule has 1 aliphatic heterocycles. The summed E-state index contributed by atoms with van der Waals surface area (Å²) in [4.78, 5) is 12.4. The largest absolute Gasteiger partial charge is 0.398 e. The minimum atomic E-state index is -0.479. The van der Waals surface area contributed by atoms with E-state index in [2.05, 4.69) is 16.1 Å². The normalized spacial score (nSPS) is 13.4. The molecule has 1 aromatic heterocycles. The number of benzene rings is 1. The predicted octanol–water partition coefficient (Wildman–Crippen LogP) is 2.25. The molecule has 0 atom stereocenters. The van der Waals surface area contributed by atoms with Gasteiger partial charge < -0.3 is 20.7 Å². The van der Waals surface area contributed by atoms with Gasteiger partial charge >= 0.3 is 5.82 Å². The Morgan fingerprint density at radius 3 is 2.86 bits per heavy atom. The third kappa shape index (κ3) is 3.14. The van der Waals surface area contributed by atoms with Crippen LogP contribution >= 0.6 is 12.4 Å². The van der Waals surface area contributed by atoms with Gasteiger partial charge in [0, 0.05) is 24.5 Å². The molecule has 1 aromatic carbocycles. The second-order valence-electron chi connectivity index (χ2n) is 5.13. The van der Waals surface area contributed by atoms with Crippen LogP contribution in [0.2, 0.25) is 0 Å². The lowest BCUT2D eigenvalue weighted by atomic mass is 10.00. The summed E-state index contributed by atoms with van der Waals surface area (Å²) < 4.78 is 1.61. The number of anilines is 2.